The molecule has 4 rings (SSSR count). The molecule has 140 valence electrons. The summed E-state index contributed by atoms with van der Waals surface area (Å²) in [4.78, 5) is 24.8. The minimum Gasteiger partial charge on any atom is -0.494 e. The van der Waals surface area contributed by atoms with Gasteiger partial charge >= 0.3 is 0 Å². The minimum atomic E-state index is 0.121. The van der Waals surface area contributed by atoms with Crippen molar-refractivity contribution in [3.8, 4) is 17.1 Å². The monoisotopic (exact) mass is 366 g/mol. The zero-order valence-electron chi connectivity index (χ0n) is 15.5. The first-order valence-corrected chi connectivity index (χ1v) is 9.15. The molecule has 1 aliphatic heterocycles. The molecule has 1 N–H and O–H groups in total. The predicted octanol–water partition coefficient (Wildman–Crippen LogP) is 2.09. The van der Waals surface area contributed by atoms with E-state index in [4.69, 9.17) is 4.74 Å². The number of fused-ring (bicyclic) bond motifs is 1. The van der Waals surface area contributed by atoms with Crippen LogP contribution in [0.3, 0.4) is 0 Å². The van der Waals surface area contributed by atoms with E-state index in [1.165, 1.54) is 6.33 Å². The van der Waals surface area contributed by atoms with E-state index in [1.807, 2.05) is 47.9 Å². The Morgan fingerprint density at radius 2 is 2.07 bits per heavy atom. The fourth-order valence-electron chi connectivity index (χ4n) is 3.33. The number of hydrogen-bond donors (Lipinski definition) is 1. The Morgan fingerprint density at radius 3 is 2.85 bits per heavy atom. The number of aromatic amines is 1. The van der Waals surface area contributed by atoms with E-state index in [0.29, 0.717) is 25.4 Å². The van der Waals surface area contributed by atoms with Crippen LogP contribution >= 0.6 is 0 Å². The lowest BCUT2D eigenvalue weighted by atomic mass is 10.1. The SMILES string of the molecule is CCOc1ccc2[nH]nc(-c3cc(N4CCN(CC)C(=O)C4)ncn3)c2c1. The van der Waals surface area contributed by atoms with Gasteiger partial charge in [0, 0.05) is 31.1 Å². The van der Waals surface area contributed by atoms with Gasteiger partial charge in [-0.1, -0.05) is 0 Å². The second-order valence-electron chi connectivity index (χ2n) is 6.37. The molecule has 0 spiro atoms. The highest BCUT2D eigenvalue weighted by Crippen LogP contribution is 2.29. The highest BCUT2D eigenvalue weighted by Gasteiger charge is 2.24. The van der Waals surface area contributed by atoms with Gasteiger partial charge < -0.3 is 14.5 Å². The molecule has 3 heterocycles. The van der Waals surface area contributed by atoms with Gasteiger partial charge in [-0.3, -0.25) is 9.89 Å². The number of likely N-dealkylation sites (N-methyl/N-ethyl adjacent to an activating group) is 1. The molecule has 27 heavy (non-hydrogen) atoms. The molecule has 0 atom stereocenters. The molecule has 0 radical (unpaired) electrons. The van der Waals surface area contributed by atoms with Gasteiger partial charge in [-0.15, -0.1) is 0 Å². The van der Waals surface area contributed by atoms with Crippen LogP contribution in [0.1, 0.15) is 13.8 Å². The molecule has 1 amide bonds. The van der Waals surface area contributed by atoms with Crippen molar-refractivity contribution < 1.29 is 9.53 Å². The molecular weight excluding hydrogens is 344 g/mol. The Bertz CT molecular complexity index is 970. The number of nitrogens with zero attached hydrogens (tertiary/aromatic N) is 5. The standard InChI is InChI=1S/C19H22N6O2/c1-3-24-7-8-25(11-18(24)26)17-10-16(20-12-21-17)19-14-9-13(27-4-2)5-6-15(14)22-23-19/h5-6,9-10,12H,3-4,7-8,11H2,1-2H3,(H,22,23). The third-order valence-corrected chi connectivity index (χ3v) is 4.76. The third kappa shape index (κ3) is 3.30. The first kappa shape index (κ1) is 17.3. The number of carbonyl (C=O) groups excluding carboxylic acids is 1. The maximum absolute atomic E-state index is 12.2. The summed E-state index contributed by atoms with van der Waals surface area (Å²) in [6, 6.07) is 7.71. The molecule has 8 nitrogen and oxygen atoms in total. The summed E-state index contributed by atoms with van der Waals surface area (Å²) in [5, 5.41) is 8.41. The van der Waals surface area contributed by atoms with E-state index in [2.05, 4.69) is 20.2 Å². The van der Waals surface area contributed by atoms with E-state index >= 15 is 0 Å². The number of amides is 1. The van der Waals surface area contributed by atoms with Gasteiger partial charge in [-0.2, -0.15) is 5.10 Å². The number of H-pyrrole nitrogens is 1. The van der Waals surface area contributed by atoms with Crippen LogP contribution in [0, 0.1) is 0 Å². The van der Waals surface area contributed by atoms with Gasteiger partial charge in [0.25, 0.3) is 0 Å². The largest absolute Gasteiger partial charge is 0.494 e. The number of piperazine rings is 1. The number of hydrogen-bond acceptors (Lipinski definition) is 6. The van der Waals surface area contributed by atoms with Crippen LogP contribution in [0.15, 0.2) is 30.6 Å². The second kappa shape index (κ2) is 7.22. The molecule has 0 aliphatic carbocycles. The third-order valence-electron chi connectivity index (χ3n) is 4.76. The van der Waals surface area contributed by atoms with Crippen LogP contribution in [0.4, 0.5) is 5.82 Å². The Hall–Kier alpha value is -3.16. The lowest BCUT2D eigenvalue weighted by Gasteiger charge is -2.34. The van der Waals surface area contributed by atoms with E-state index < -0.39 is 0 Å². The summed E-state index contributed by atoms with van der Waals surface area (Å²) < 4.78 is 5.60. The van der Waals surface area contributed by atoms with Crippen molar-refractivity contribution in [2.45, 2.75) is 13.8 Å². The Morgan fingerprint density at radius 1 is 1.19 bits per heavy atom. The molecule has 2 aromatic heterocycles. The smallest absolute Gasteiger partial charge is 0.242 e. The second-order valence-corrected chi connectivity index (χ2v) is 6.37. The maximum atomic E-state index is 12.2. The normalized spacial score (nSPS) is 14.8. The van der Waals surface area contributed by atoms with Gasteiger partial charge in [-0.25, -0.2) is 9.97 Å². The van der Waals surface area contributed by atoms with Crippen LogP contribution in [0.25, 0.3) is 22.3 Å². The molecule has 1 fully saturated rings. The lowest BCUT2D eigenvalue weighted by molar-refractivity contribution is -0.130. The number of anilines is 1. The summed E-state index contributed by atoms with van der Waals surface area (Å²) in [7, 11) is 0. The van der Waals surface area contributed by atoms with Crippen molar-refractivity contribution in [3.05, 3.63) is 30.6 Å². The number of rotatable bonds is 5. The Labute approximate surface area is 157 Å². The van der Waals surface area contributed by atoms with E-state index in [-0.39, 0.29) is 5.91 Å². The van der Waals surface area contributed by atoms with Gasteiger partial charge in [0.1, 0.15) is 23.6 Å². The lowest BCUT2D eigenvalue weighted by Crippen LogP contribution is -2.50. The van der Waals surface area contributed by atoms with E-state index in [0.717, 1.165) is 41.3 Å². The topological polar surface area (TPSA) is 87.2 Å². The van der Waals surface area contributed by atoms with Gasteiger partial charge in [-0.05, 0) is 32.0 Å². The molecule has 8 heteroatoms. The number of benzene rings is 1. The summed E-state index contributed by atoms with van der Waals surface area (Å²) in [6.07, 6.45) is 1.52. The summed E-state index contributed by atoms with van der Waals surface area (Å²) in [6.45, 7) is 7.09. The molecule has 1 aliphatic rings. The van der Waals surface area contributed by atoms with Crippen LogP contribution in [-0.4, -0.2) is 63.8 Å². The quantitative estimate of drug-likeness (QED) is 0.744. The number of carbonyl (C=O) groups is 1. The highest BCUT2D eigenvalue weighted by molar-refractivity contribution is 5.93. The molecule has 1 aromatic carbocycles. The van der Waals surface area contributed by atoms with Crippen LogP contribution in [0.2, 0.25) is 0 Å². The van der Waals surface area contributed by atoms with Crippen molar-refractivity contribution >= 4 is 22.6 Å². The van der Waals surface area contributed by atoms with Crippen molar-refractivity contribution in [3.63, 3.8) is 0 Å². The van der Waals surface area contributed by atoms with E-state index in [9.17, 15) is 4.79 Å². The van der Waals surface area contributed by atoms with Crippen LogP contribution in [-0.2, 0) is 4.79 Å². The number of aromatic nitrogens is 4. The fourth-order valence-corrected chi connectivity index (χ4v) is 3.33. The molecular formula is C19H22N6O2. The highest BCUT2D eigenvalue weighted by atomic mass is 16.5. The molecule has 3 aromatic rings. The maximum Gasteiger partial charge on any atom is 0.242 e. The molecule has 1 saturated heterocycles. The van der Waals surface area contributed by atoms with Crippen molar-refractivity contribution in [2.75, 3.05) is 37.7 Å². The van der Waals surface area contributed by atoms with Gasteiger partial charge in [0.15, 0.2) is 0 Å². The predicted molar refractivity (Wildman–Crippen MR) is 103 cm³/mol. The minimum absolute atomic E-state index is 0.121. The summed E-state index contributed by atoms with van der Waals surface area (Å²) in [5.41, 5.74) is 2.37. The van der Waals surface area contributed by atoms with Crippen LogP contribution < -0.4 is 9.64 Å². The average molecular weight is 366 g/mol. The number of nitrogens with one attached hydrogen (secondary N) is 1. The Balaban J connectivity index is 1.66. The first-order chi connectivity index (χ1) is 13.2. The fraction of sp³-hybridized carbons (Fsp3) is 0.368. The first-order valence-electron chi connectivity index (χ1n) is 9.15. The van der Waals surface area contributed by atoms with E-state index in [1.54, 1.807) is 0 Å². The van der Waals surface area contributed by atoms with Gasteiger partial charge in [0.05, 0.1) is 24.4 Å². The zero-order valence-corrected chi connectivity index (χ0v) is 15.5. The average Bonchev–Trinajstić information content (AvgIpc) is 3.11. The summed E-state index contributed by atoms with van der Waals surface area (Å²) >= 11 is 0. The van der Waals surface area contributed by atoms with Crippen molar-refractivity contribution in [1.82, 2.24) is 25.1 Å². The van der Waals surface area contributed by atoms with Crippen molar-refractivity contribution in [1.29, 1.82) is 0 Å². The molecule has 0 unspecified atom stereocenters. The van der Waals surface area contributed by atoms with Gasteiger partial charge in [0.2, 0.25) is 5.91 Å². The molecule has 0 bridgehead atoms. The Kier molecular flexibility index (Phi) is 4.62. The molecule has 0 saturated carbocycles. The summed E-state index contributed by atoms with van der Waals surface area (Å²) in [5.74, 6) is 1.65. The number of ether oxygens (including phenoxy) is 1. The van der Waals surface area contributed by atoms with Crippen LogP contribution in [0.5, 0.6) is 5.75 Å². The van der Waals surface area contributed by atoms with Crippen molar-refractivity contribution in [2.24, 2.45) is 0 Å². The zero-order chi connectivity index (χ0) is 18.8.